The third kappa shape index (κ3) is 5.80. The van der Waals surface area contributed by atoms with Gasteiger partial charge in [0.1, 0.15) is 17.7 Å². The molecule has 0 aliphatic heterocycles. The Morgan fingerprint density at radius 2 is 1.54 bits per heavy atom. The number of nitrogens with zero attached hydrogens (tertiary/aromatic N) is 2. The Balaban J connectivity index is 2.40. The lowest BCUT2D eigenvalue weighted by molar-refractivity contribution is 0.123. The summed E-state index contributed by atoms with van der Waals surface area (Å²) in [6.45, 7) is 11.6. The molecule has 1 aromatic carbocycles. The number of benzene rings is 1. The molecular formula is C18H25N2O5P. The van der Waals surface area contributed by atoms with Crippen molar-refractivity contribution in [3.63, 3.8) is 0 Å². The first kappa shape index (κ1) is 20.4. The first-order valence-corrected chi connectivity index (χ1v) is 9.76. The van der Waals surface area contributed by atoms with Gasteiger partial charge in [0, 0.05) is 0 Å². The minimum absolute atomic E-state index is 0.0971. The van der Waals surface area contributed by atoms with Crippen LogP contribution in [0, 0.1) is 0 Å². The Kier molecular flexibility index (Phi) is 5.47. The highest BCUT2D eigenvalue weighted by Gasteiger charge is 2.23. The molecular weight excluding hydrogens is 355 g/mol. The molecule has 2 rings (SSSR count). The zero-order chi connectivity index (χ0) is 19.8. The summed E-state index contributed by atoms with van der Waals surface area (Å²) in [5.41, 5.74) is 0.00874. The van der Waals surface area contributed by atoms with Crippen molar-refractivity contribution in [3.05, 3.63) is 36.2 Å². The van der Waals surface area contributed by atoms with Gasteiger partial charge in [-0.15, -0.1) is 0 Å². The van der Waals surface area contributed by atoms with Crippen LogP contribution >= 0.6 is 7.60 Å². The molecule has 2 aromatic rings. The van der Waals surface area contributed by atoms with Gasteiger partial charge in [-0.2, -0.15) is 0 Å². The molecule has 0 spiro atoms. The average molecular weight is 380 g/mol. The molecule has 0 saturated carbocycles. The van der Waals surface area contributed by atoms with Crippen molar-refractivity contribution in [3.8, 4) is 17.5 Å². The third-order valence-electron chi connectivity index (χ3n) is 3.34. The van der Waals surface area contributed by atoms with Crippen LogP contribution in [0.1, 0.15) is 47.1 Å². The zero-order valence-corrected chi connectivity index (χ0v) is 16.7. The van der Waals surface area contributed by atoms with Crippen molar-refractivity contribution >= 4 is 12.9 Å². The predicted molar refractivity (Wildman–Crippen MR) is 99.3 cm³/mol. The van der Waals surface area contributed by atoms with Crippen molar-refractivity contribution in [1.82, 2.24) is 9.97 Å². The standard InChI is InChI=1S/C18H25N2O5P/c1-17(2,3)12-7-13(9-14(8-12)26(21,22)23)24-15-10-16(20-11-19-15)25-18(4,5)6/h7-11H,1-6H3,(H2,21,22,23). The molecule has 1 aromatic heterocycles. The van der Waals surface area contributed by atoms with Gasteiger partial charge in [-0.25, -0.2) is 9.97 Å². The fraction of sp³-hybridized carbons (Fsp3) is 0.444. The Morgan fingerprint density at radius 1 is 0.923 bits per heavy atom. The van der Waals surface area contributed by atoms with Gasteiger partial charge in [0.05, 0.1) is 11.4 Å². The molecule has 8 heteroatoms. The Morgan fingerprint density at radius 3 is 2.08 bits per heavy atom. The SMILES string of the molecule is CC(C)(C)Oc1cc(Oc2cc(C(C)(C)C)cc(P(=O)(O)O)c2)ncn1. The zero-order valence-electron chi connectivity index (χ0n) is 15.8. The minimum atomic E-state index is -4.42. The van der Waals surface area contributed by atoms with E-state index in [0.29, 0.717) is 5.88 Å². The molecule has 0 radical (unpaired) electrons. The molecule has 0 amide bonds. The van der Waals surface area contributed by atoms with Crippen LogP contribution in [0.15, 0.2) is 30.6 Å². The largest absolute Gasteiger partial charge is 0.472 e. The monoisotopic (exact) mass is 380 g/mol. The molecule has 0 fully saturated rings. The lowest BCUT2D eigenvalue weighted by Gasteiger charge is -2.22. The van der Waals surface area contributed by atoms with Gasteiger partial charge in [-0.3, -0.25) is 4.57 Å². The molecule has 26 heavy (non-hydrogen) atoms. The second kappa shape index (κ2) is 6.99. The van der Waals surface area contributed by atoms with E-state index in [2.05, 4.69) is 9.97 Å². The number of ether oxygens (including phenoxy) is 2. The normalized spacial score (nSPS) is 12.8. The number of rotatable bonds is 4. The quantitative estimate of drug-likeness (QED) is 0.782. The Hall–Kier alpha value is -1.95. The maximum absolute atomic E-state index is 11.7. The minimum Gasteiger partial charge on any atom is -0.472 e. The number of hydrogen-bond acceptors (Lipinski definition) is 5. The van der Waals surface area contributed by atoms with Gasteiger partial charge in [-0.05, 0) is 49.9 Å². The molecule has 0 aliphatic rings. The first-order chi connectivity index (χ1) is 11.7. The van der Waals surface area contributed by atoms with E-state index < -0.39 is 13.2 Å². The summed E-state index contributed by atoms with van der Waals surface area (Å²) in [5, 5.41) is -0.0971. The van der Waals surface area contributed by atoms with Crippen LogP contribution in [0.2, 0.25) is 0 Å². The molecule has 0 aliphatic carbocycles. The van der Waals surface area contributed by atoms with E-state index in [0.717, 1.165) is 5.56 Å². The number of aromatic nitrogens is 2. The van der Waals surface area contributed by atoms with Gasteiger partial charge >= 0.3 is 7.60 Å². The van der Waals surface area contributed by atoms with Gasteiger partial charge in [0.15, 0.2) is 0 Å². The third-order valence-corrected chi connectivity index (χ3v) is 4.27. The van der Waals surface area contributed by atoms with E-state index in [4.69, 9.17) is 9.47 Å². The van der Waals surface area contributed by atoms with Crippen molar-refractivity contribution in [2.45, 2.75) is 52.6 Å². The van der Waals surface area contributed by atoms with E-state index in [9.17, 15) is 14.4 Å². The van der Waals surface area contributed by atoms with E-state index in [1.54, 1.807) is 6.07 Å². The van der Waals surface area contributed by atoms with E-state index >= 15 is 0 Å². The van der Waals surface area contributed by atoms with Crippen molar-refractivity contribution in [2.24, 2.45) is 0 Å². The predicted octanol–water partition coefficient (Wildman–Crippen LogP) is 3.55. The van der Waals surface area contributed by atoms with Crippen molar-refractivity contribution in [2.75, 3.05) is 0 Å². The average Bonchev–Trinajstić information content (AvgIpc) is 2.43. The maximum atomic E-state index is 11.7. The summed E-state index contributed by atoms with van der Waals surface area (Å²) >= 11 is 0. The molecule has 2 N–H and O–H groups in total. The van der Waals surface area contributed by atoms with E-state index in [1.807, 2.05) is 41.5 Å². The van der Waals surface area contributed by atoms with Crippen LogP contribution in [0.4, 0.5) is 0 Å². The Bertz CT molecular complexity index is 834. The smallest absolute Gasteiger partial charge is 0.356 e. The van der Waals surface area contributed by atoms with Crippen LogP contribution in [0.5, 0.6) is 17.5 Å². The lowest BCUT2D eigenvalue weighted by Crippen LogP contribution is -2.23. The highest BCUT2D eigenvalue weighted by Crippen LogP contribution is 2.37. The fourth-order valence-electron chi connectivity index (χ4n) is 2.11. The molecule has 7 nitrogen and oxygen atoms in total. The highest BCUT2D eigenvalue weighted by molar-refractivity contribution is 7.60. The first-order valence-electron chi connectivity index (χ1n) is 8.15. The summed E-state index contributed by atoms with van der Waals surface area (Å²) < 4.78 is 23.1. The van der Waals surface area contributed by atoms with Crippen molar-refractivity contribution < 1.29 is 23.8 Å². The van der Waals surface area contributed by atoms with Gasteiger partial charge in [0.2, 0.25) is 11.8 Å². The van der Waals surface area contributed by atoms with E-state index in [1.165, 1.54) is 24.5 Å². The van der Waals surface area contributed by atoms with Crippen LogP contribution in [-0.2, 0) is 9.98 Å². The van der Waals surface area contributed by atoms with Crippen LogP contribution in [0.25, 0.3) is 0 Å². The topological polar surface area (TPSA) is 102 Å². The second-order valence-corrected chi connectivity index (χ2v) is 9.63. The molecule has 142 valence electrons. The summed E-state index contributed by atoms with van der Waals surface area (Å²) in [6.07, 6.45) is 1.31. The summed E-state index contributed by atoms with van der Waals surface area (Å²) in [5.74, 6) is 0.864. The lowest BCUT2D eigenvalue weighted by atomic mass is 9.87. The molecule has 0 atom stereocenters. The van der Waals surface area contributed by atoms with Gasteiger partial charge in [0.25, 0.3) is 0 Å². The number of hydrogen-bond donors (Lipinski definition) is 2. The van der Waals surface area contributed by atoms with E-state index in [-0.39, 0.29) is 22.3 Å². The summed E-state index contributed by atoms with van der Waals surface area (Å²) in [4.78, 5) is 27.2. The highest BCUT2D eigenvalue weighted by atomic mass is 31.2. The summed E-state index contributed by atoms with van der Waals surface area (Å²) in [6, 6.07) is 6.10. The second-order valence-electron chi connectivity index (χ2n) is 8.02. The van der Waals surface area contributed by atoms with Crippen LogP contribution in [-0.4, -0.2) is 25.4 Å². The summed E-state index contributed by atoms with van der Waals surface area (Å²) in [7, 11) is -4.42. The van der Waals surface area contributed by atoms with Gasteiger partial charge < -0.3 is 19.3 Å². The molecule has 0 saturated heterocycles. The van der Waals surface area contributed by atoms with Crippen molar-refractivity contribution in [1.29, 1.82) is 0 Å². The van der Waals surface area contributed by atoms with Crippen LogP contribution in [0.3, 0.4) is 0 Å². The molecule has 0 unspecified atom stereocenters. The van der Waals surface area contributed by atoms with Gasteiger partial charge in [-0.1, -0.05) is 20.8 Å². The molecule has 0 bridgehead atoms. The Labute approximate surface area is 153 Å². The fourth-order valence-corrected chi connectivity index (χ4v) is 2.72. The maximum Gasteiger partial charge on any atom is 0.356 e. The van der Waals surface area contributed by atoms with Crippen LogP contribution < -0.4 is 14.8 Å². The molecule has 1 heterocycles.